The molecule has 5 aromatic carbocycles. The maximum absolute atomic E-state index is 14.4. The fraction of sp³-hybridized carbons (Fsp3) is 0.0645. The maximum atomic E-state index is 14.4. The Bertz CT molecular complexity index is 1540. The molecule has 4 nitrogen and oxygen atoms in total. The van der Waals surface area contributed by atoms with Crippen LogP contribution in [-0.2, 0) is 0 Å². The van der Waals surface area contributed by atoms with Crippen LogP contribution in [0.2, 0.25) is 10.0 Å². The molecule has 37 heavy (non-hydrogen) atoms. The predicted octanol–water partition coefficient (Wildman–Crippen LogP) is 7.89. The lowest BCUT2D eigenvalue weighted by molar-refractivity contribution is 0.0634. The number of phenols is 2. The van der Waals surface area contributed by atoms with Crippen molar-refractivity contribution in [3.63, 3.8) is 0 Å². The minimum Gasteiger partial charge on any atom is -0.508 e. The van der Waals surface area contributed by atoms with Crippen molar-refractivity contribution in [3.05, 3.63) is 141 Å². The molecule has 0 bridgehead atoms. The molecule has 1 aliphatic heterocycles. The van der Waals surface area contributed by atoms with Crippen molar-refractivity contribution in [2.75, 3.05) is 0 Å². The second-order valence-electron chi connectivity index (χ2n) is 9.08. The van der Waals surface area contributed by atoms with Gasteiger partial charge in [-0.3, -0.25) is 4.79 Å². The molecule has 1 heterocycles. The Hall–Kier alpha value is -3.99. The van der Waals surface area contributed by atoms with Gasteiger partial charge in [0.15, 0.2) is 0 Å². The Morgan fingerprint density at radius 2 is 1.08 bits per heavy atom. The van der Waals surface area contributed by atoms with Crippen molar-refractivity contribution in [2.45, 2.75) is 12.1 Å². The minimum absolute atomic E-state index is 0.0414. The van der Waals surface area contributed by atoms with E-state index in [-0.39, 0.29) is 17.4 Å². The van der Waals surface area contributed by atoms with Crippen molar-refractivity contribution in [1.29, 1.82) is 0 Å². The smallest absolute Gasteiger partial charge is 0.255 e. The molecule has 2 N–H and O–H groups in total. The standard InChI is InChI=1S/C31H21Cl2NO3/c32-22-12-6-19(7-13-22)29-27-24(35)16-10-18-11-17-25(36)28(26(18)27)30(20-8-14-23(33)15-9-20)34(29)31(37)21-4-2-1-3-5-21/h1-17,29-30,35-36H. The third-order valence-corrected chi connectivity index (χ3v) is 7.45. The van der Waals surface area contributed by atoms with Gasteiger partial charge >= 0.3 is 0 Å². The lowest BCUT2D eigenvalue weighted by atomic mass is 9.79. The maximum Gasteiger partial charge on any atom is 0.255 e. The van der Waals surface area contributed by atoms with Crippen LogP contribution >= 0.6 is 23.2 Å². The number of carbonyl (C=O) groups excluding carboxylic acids is 1. The minimum atomic E-state index is -0.663. The molecular formula is C31H21Cl2NO3. The Morgan fingerprint density at radius 3 is 1.54 bits per heavy atom. The molecule has 2 atom stereocenters. The van der Waals surface area contributed by atoms with Gasteiger partial charge < -0.3 is 15.1 Å². The van der Waals surface area contributed by atoms with E-state index < -0.39 is 12.1 Å². The number of hydrogen-bond donors (Lipinski definition) is 2. The van der Waals surface area contributed by atoms with Gasteiger partial charge in [0.2, 0.25) is 0 Å². The Morgan fingerprint density at radius 1 is 0.622 bits per heavy atom. The second kappa shape index (κ2) is 9.15. The van der Waals surface area contributed by atoms with E-state index in [4.69, 9.17) is 23.2 Å². The average Bonchev–Trinajstić information content (AvgIpc) is 2.92. The van der Waals surface area contributed by atoms with Crippen LogP contribution in [0.25, 0.3) is 10.8 Å². The molecule has 0 aliphatic carbocycles. The van der Waals surface area contributed by atoms with E-state index in [1.165, 1.54) is 0 Å². The number of halogens is 2. The molecule has 6 rings (SSSR count). The van der Waals surface area contributed by atoms with Crippen molar-refractivity contribution in [3.8, 4) is 11.5 Å². The van der Waals surface area contributed by atoms with Crippen molar-refractivity contribution in [2.24, 2.45) is 0 Å². The summed E-state index contributed by atoms with van der Waals surface area (Å²) in [7, 11) is 0. The van der Waals surface area contributed by atoms with E-state index >= 15 is 0 Å². The summed E-state index contributed by atoms with van der Waals surface area (Å²) >= 11 is 12.4. The van der Waals surface area contributed by atoms with E-state index in [0.717, 1.165) is 21.9 Å². The molecule has 5 aromatic rings. The highest BCUT2D eigenvalue weighted by molar-refractivity contribution is 6.30. The van der Waals surface area contributed by atoms with Gasteiger partial charge in [0.05, 0.1) is 12.1 Å². The zero-order valence-electron chi connectivity index (χ0n) is 19.5. The predicted molar refractivity (Wildman–Crippen MR) is 146 cm³/mol. The van der Waals surface area contributed by atoms with Gasteiger partial charge in [-0.05, 0) is 65.0 Å². The summed E-state index contributed by atoms with van der Waals surface area (Å²) in [6.45, 7) is 0. The summed E-state index contributed by atoms with van der Waals surface area (Å²) in [5, 5.41) is 25.2. The molecule has 0 fully saturated rings. The number of benzene rings is 5. The van der Waals surface area contributed by atoms with E-state index in [2.05, 4.69) is 0 Å². The van der Waals surface area contributed by atoms with Gasteiger partial charge in [0.25, 0.3) is 5.91 Å². The topological polar surface area (TPSA) is 60.8 Å². The molecule has 0 radical (unpaired) electrons. The van der Waals surface area contributed by atoms with Gasteiger partial charge in [0, 0.05) is 32.1 Å². The first kappa shape index (κ1) is 23.4. The Balaban J connectivity index is 1.74. The molecule has 1 amide bonds. The lowest BCUT2D eigenvalue weighted by Gasteiger charge is -2.44. The first-order valence-corrected chi connectivity index (χ1v) is 12.6. The highest BCUT2D eigenvalue weighted by atomic mass is 35.5. The number of nitrogens with zero attached hydrogens (tertiary/aromatic N) is 1. The average molecular weight is 526 g/mol. The summed E-state index contributed by atoms with van der Waals surface area (Å²) in [4.78, 5) is 16.1. The number of aromatic hydroxyl groups is 2. The van der Waals surface area contributed by atoms with Crippen LogP contribution in [0.5, 0.6) is 11.5 Å². The van der Waals surface area contributed by atoms with Crippen LogP contribution < -0.4 is 0 Å². The first-order valence-electron chi connectivity index (χ1n) is 11.8. The van der Waals surface area contributed by atoms with E-state index in [1.54, 1.807) is 53.4 Å². The number of amides is 1. The molecule has 1 aliphatic rings. The second-order valence-corrected chi connectivity index (χ2v) is 9.95. The van der Waals surface area contributed by atoms with E-state index in [1.807, 2.05) is 54.6 Å². The summed E-state index contributed by atoms with van der Waals surface area (Å²) in [5.74, 6) is -0.162. The number of rotatable bonds is 3. The lowest BCUT2D eigenvalue weighted by Crippen LogP contribution is -2.42. The zero-order chi connectivity index (χ0) is 25.7. The molecule has 0 spiro atoms. The summed E-state index contributed by atoms with van der Waals surface area (Å²) < 4.78 is 0. The van der Waals surface area contributed by atoms with Crippen molar-refractivity contribution in [1.82, 2.24) is 4.90 Å². The fourth-order valence-corrected chi connectivity index (χ4v) is 5.59. The van der Waals surface area contributed by atoms with E-state index in [9.17, 15) is 15.0 Å². The summed E-state index contributed by atoms with van der Waals surface area (Å²) in [6.07, 6.45) is 0. The van der Waals surface area contributed by atoms with Gasteiger partial charge in [0.1, 0.15) is 11.5 Å². The highest BCUT2D eigenvalue weighted by Gasteiger charge is 2.43. The first-order chi connectivity index (χ1) is 17.9. The molecule has 0 aromatic heterocycles. The molecular weight excluding hydrogens is 505 g/mol. The SMILES string of the molecule is O=C(c1ccccc1)N1C(c2ccc(Cl)cc2)c2c(O)ccc3ccc(O)c(c23)C1c1ccc(Cl)cc1. The largest absolute Gasteiger partial charge is 0.508 e. The molecule has 0 saturated heterocycles. The third-order valence-electron chi connectivity index (χ3n) is 6.95. The summed E-state index contributed by atoms with van der Waals surface area (Å²) in [6, 6.07) is 29.1. The normalized spacial score (nSPS) is 16.6. The molecule has 182 valence electrons. The van der Waals surface area contributed by atoms with Crippen LogP contribution in [0.3, 0.4) is 0 Å². The molecule has 0 saturated carbocycles. The van der Waals surface area contributed by atoms with Gasteiger partial charge in [-0.15, -0.1) is 0 Å². The van der Waals surface area contributed by atoms with Crippen molar-refractivity contribution < 1.29 is 15.0 Å². The fourth-order valence-electron chi connectivity index (χ4n) is 5.34. The van der Waals surface area contributed by atoms with E-state index in [0.29, 0.717) is 26.7 Å². The third kappa shape index (κ3) is 3.90. The summed E-state index contributed by atoms with van der Waals surface area (Å²) in [5.41, 5.74) is 3.17. The Labute approximate surface area is 223 Å². The van der Waals surface area contributed by atoms with Gasteiger partial charge in [-0.1, -0.05) is 77.8 Å². The molecule has 2 unspecified atom stereocenters. The van der Waals surface area contributed by atoms with Crippen molar-refractivity contribution >= 4 is 39.9 Å². The van der Waals surface area contributed by atoms with Crippen LogP contribution in [0.4, 0.5) is 0 Å². The Kier molecular flexibility index (Phi) is 5.79. The van der Waals surface area contributed by atoms with Crippen LogP contribution in [0.1, 0.15) is 44.7 Å². The van der Waals surface area contributed by atoms with Gasteiger partial charge in [-0.25, -0.2) is 0 Å². The van der Waals surface area contributed by atoms with Gasteiger partial charge in [-0.2, -0.15) is 0 Å². The van der Waals surface area contributed by atoms with Crippen LogP contribution in [0, 0.1) is 0 Å². The number of carbonyl (C=O) groups is 1. The monoisotopic (exact) mass is 525 g/mol. The quantitative estimate of drug-likeness (QED) is 0.251. The molecule has 6 heteroatoms. The number of hydrogen-bond acceptors (Lipinski definition) is 3. The van der Waals surface area contributed by atoms with Crippen LogP contribution in [-0.4, -0.2) is 21.0 Å². The van der Waals surface area contributed by atoms with Crippen LogP contribution in [0.15, 0.2) is 103 Å². The number of phenolic OH excluding ortho intramolecular Hbond substituents is 2. The highest BCUT2D eigenvalue weighted by Crippen LogP contribution is 2.54. The zero-order valence-corrected chi connectivity index (χ0v) is 21.0.